The maximum atomic E-state index is 14.5. The minimum atomic E-state index is -3.67. The van der Waals surface area contributed by atoms with Crippen LogP contribution in [0.3, 0.4) is 0 Å². The van der Waals surface area contributed by atoms with Gasteiger partial charge in [-0.25, -0.2) is 17.2 Å². The lowest BCUT2D eigenvalue weighted by atomic mass is 9.76. The van der Waals surface area contributed by atoms with Crippen molar-refractivity contribution >= 4 is 21.9 Å². The molecule has 8 nitrogen and oxygen atoms in total. The largest absolute Gasteiger partial charge is 0.394 e. The van der Waals surface area contributed by atoms with Gasteiger partial charge in [-0.2, -0.15) is 15.0 Å². The van der Waals surface area contributed by atoms with Gasteiger partial charge in [0.05, 0.1) is 18.9 Å². The summed E-state index contributed by atoms with van der Waals surface area (Å²) < 4.78 is 54.1. The highest BCUT2D eigenvalue weighted by Crippen LogP contribution is 2.33. The Kier molecular flexibility index (Phi) is 8.47. The smallest absolute Gasteiger partial charge is 0.241 e. The van der Waals surface area contributed by atoms with E-state index in [0.717, 1.165) is 12.3 Å². The molecule has 0 spiro atoms. The van der Waals surface area contributed by atoms with Gasteiger partial charge in [-0.15, -0.1) is 0 Å². The monoisotopic (exact) mass is 471 g/mol. The molecule has 2 rings (SSSR count). The zero-order valence-electron chi connectivity index (χ0n) is 19.0. The van der Waals surface area contributed by atoms with E-state index in [1.807, 2.05) is 20.8 Å². The molecule has 3 N–H and O–H groups in total. The summed E-state index contributed by atoms with van der Waals surface area (Å²) in [6, 6.07) is 3.66. The molecule has 1 aromatic heterocycles. The summed E-state index contributed by atoms with van der Waals surface area (Å²) in [4.78, 5) is 12.7. The van der Waals surface area contributed by atoms with Crippen LogP contribution in [0, 0.1) is 17.6 Å². The lowest BCUT2D eigenvalue weighted by Gasteiger charge is -2.29. The third-order valence-electron chi connectivity index (χ3n) is 5.20. The standard InChI is InChI=1S/C21H31F2N5O3S/c1-6-21(4,15-8-7-9-16(22)18(15)23)11-17-25-19(24-14(12-29)10-13(2)3)27-20(26-17)28-32(5,30)31/h7-9,13-14,29H,6,10-12H2,1-5H3,(H2,24,25,26,27,28)/t14-,21-/m1/s1. The Labute approximate surface area is 188 Å². The van der Waals surface area contributed by atoms with Gasteiger partial charge in [-0.1, -0.05) is 39.8 Å². The molecule has 32 heavy (non-hydrogen) atoms. The molecule has 0 amide bonds. The number of aliphatic hydroxyl groups is 1. The average Bonchev–Trinajstić information content (AvgIpc) is 2.67. The van der Waals surface area contributed by atoms with Gasteiger partial charge in [0.1, 0.15) is 5.82 Å². The Morgan fingerprint density at radius 1 is 1.16 bits per heavy atom. The zero-order valence-corrected chi connectivity index (χ0v) is 19.8. The first kappa shape index (κ1) is 25.9. The second-order valence-corrected chi connectivity index (χ2v) is 10.4. The molecule has 0 unspecified atom stereocenters. The van der Waals surface area contributed by atoms with Gasteiger partial charge >= 0.3 is 0 Å². The average molecular weight is 472 g/mol. The van der Waals surface area contributed by atoms with Crippen LogP contribution in [0.5, 0.6) is 0 Å². The van der Waals surface area contributed by atoms with Crippen LogP contribution in [0.2, 0.25) is 0 Å². The highest BCUT2D eigenvalue weighted by molar-refractivity contribution is 7.91. The van der Waals surface area contributed by atoms with E-state index in [1.54, 1.807) is 6.92 Å². The number of hydrogen-bond acceptors (Lipinski definition) is 7. The Bertz CT molecular complexity index is 1040. The molecule has 0 aliphatic carbocycles. The molecule has 0 aliphatic rings. The molecular formula is C21H31F2N5O3S. The molecule has 2 aromatic rings. The fraction of sp³-hybridized carbons (Fsp3) is 0.571. The quantitative estimate of drug-likeness (QED) is 0.460. The summed E-state index contributed by atoms with van der Waals surface area (Å²) in [5.74, 6) is -1.51. The SMILES string of the molecule is CC[C@](C)(Cc1nc(N[C@@H](CO)CC(C)C)nc(NS(C)(=O)=O)n1)c1cccc(F)c1F. The lowest BCUT2D eigenvalue weighted by molar-refractivity contribution is 0.259. The molecule has 178 valence electrons. The minimum absolute atomic E-state index is 0.0824. The first-order valence-electron chi connectivity index (χ1n) is 10.4. The fourth-order valence-corrected chi connectivity index (χ4v) is 3.86. The normalized spacial score (nSPS) is 14.8. The van der Waals surface area contributed by atoms with E-state index in [-0.39, 0.29) is 48.3 Å². The molecule has 0 bridgehead atoms. The van der Waals surface area contributed by atoms with E-state index in [2.05, 4.69) is 25.0 Å². The first-order chi connectivity index (χ1) is 14.9. The molecule has 0 aliphatic heterocycles. The van der Waals surface area contributed by atoms with Crippen LogP contribution in [0.4, 0.5) is 20.7 Å². The highest BCUT2D eigenvalue weighted by atomic mass is 32.2. The van der Waals surface area contributed by atoms with E-state index in [0.29, 0.717) is 12.8 Å². The van der Waals surface area contributed by atoms with E-state index in [1.165, 1.54) is 12.1 Å². The fourth-order valence-electron chi connectivity index (χ4n) is 3.44. The van der Waals surface area contributed by atoms with E-state index in [9.17, 15) is 22.3 Å². The third kappa shape index (κ3) is 7.06. The number of nitrogens with one attached hydrogen (secondary N) is 2. The van der Waals surface area contributed by atoms with Crippen LogP contribution in [0.15, 0.2) is 18.2 Å². The van der Waals surface area contributed by atoms with E-state index in [4.69, 9.17) is 0 Å². The summed E-state index contributed by atoms with van der Waals surface area (Å²) in [5.41, 5.74) is -0.679. The number of aromatic nitrogens is 3. The maximum absolute atomic E-state index is 14.5. The van der Waals surface area contributed by atoms with Crippen LogP contribution < -0.4 is 10.0 Å². The molecule has 0 saturated carbocycles. The molecule has 1 aromatic carbocycles. The predicted octanol–water partition coefficient (Wildman–Crippen LogP) is 3.25. The third-order valence-corrected chi connectivity index (χ3v) is 5.75. The van der Waals surface area contributed by atoms with Gasteiger partial charge in [0.25, 0.3) is 0 Å². The number of nitrogens with zero attached hydrogens (tertiary/aromatic N) is 3. The van der Waals surface area contributed by atoms with Crippen molar-refractivity contribution in [2.45, 2.75) is 58.4 Å². The Morgan fingerprint density at radius 3 is 2.38 bits per heavy atom. The van der Waals surface area contributed by atoms with Crippen molar-refractivity contribution in [2.75, 3.05) is 22.9 Å². The van der Waals surface area contributed by atoms with Crippen molar-refractivity contribution in [1.82, 2.24) is 15.0 Å². The molecule has 0 fully saturated rings. The van der Waals surface area contributed by atoms with Gasteiger partial charge in [-0.05, 0) is 30.4 Å². The lowest BCUT2D eigenvalue weighted by Crippen LogP contribution is -2.29. The number of rotatable bonds is 11. The summed E-state index contributed by atoms with van der Waals surface area (Å²) in [7, 11) is -3.67. The number of halogens is 2. The Morgan fingerprint density at radius 2 is 1.81 bits per heavy atom. The second-order valence-electron chi connectivity index (χ2n) is 8.62. The van der Waals surface area contributed by atoms with Crippen molar-refractivity contribution in [3.63, 3.8) is 0 Å². The Hall–Kier alpha value is -2.40. The van der Waals surface area contributed by atoms with Gasteiger partial charge in [-0.3, -0.25) is 4.72 Å². The van der Waals surface area contributed by atoms with Crippen LogP contribution in [-0.4, -0.2) is 47.4 Å². The molecule has 1 heterocycles. The number of aliphatic hydroxyl groups excluding tert-OH is 1. The van der Waals surface area contributed by atoms with Crippen LogP contribution in [0.25, 0.3) is 0 Å². The van der Waals surface area contributed by atoms with Crippen LogP contribution >= 0.6 is 0 Å². The molecular weight excluding hydrogens is 440 g/mol. The van der Waals surface area contributed by atoms with Crippen molar-refractivity contribution in [2.24, 2.45) is 5.92 Å². The highest BCUT2D eigenvalue weighted by Gasteiger charge is 2.31. The summed E-state index contributed by atoms with van der Waals surface area (Å²) >= 11 is 0. The predicted molar refractivity (Wildman–Crippen MR) is 120 cm³/mol. The topological polar surface area (TPSA) is 117 Å². The van der Waals surface area contributed by atoms with Crippen LogP contribution in [0.1, 0.15) is 51.9 Å². The number of hydrogen-bond donors (Lipinski definition) is 3. The summed E-state index contributed by atoms with van der Waals surface area (Å²) in [6.07, 6.45) is 2.15. The van der Waals surface area contributed by atoms with E-state index >= 15 is 0 Å². The number of anilines is 2. The number of benzene rings is 1. The van der Waals surface area contributed by atoms with Crippen molar-refractivity contribution in [1.29, 1.82) is 0 Å². The van der Waals surface area contributed by atoms with Gasteiger partial charge in [0.2, 0.25) is 21.9 Å². The van der Waals surface area contributed by atoms with Crippen molar-refractivity contribution < 1.29 is 22.3 Å². The maximum Gasteiger partial charge on any atom is 0.241 e. The molecule has 11 heteroatoms. The van der Waals surface area contributed by atoms with Crippen molar-refractivity contribution in [3.8, 4) is 0 Å². The van der Waals surface area contributed by atoms with Crippen LogP contribution in [-0.2, 0) is 21.9 Å². The zero-order chi connectivity index (χ0) is 24.1. The Balaban J connectivity index is 2.48. The summed E-state index contributed by atoms with van der Waals surface area (Å²) in [5, 5.41) is 12.7. The molecule has 0 radical (unpaired) electrons. The van der Waals surface area contributed by atoms with Crippen molar-refractivity contribution in [3.05, 3.63) is 41.2 Å². The van der Waals surface area contributed by atoms with E-state index < -0.39 is 27.1 Å². The molecule has 0 saturated heterocycles. The minimum Gasteiger partial charge on any atom is -0.394 e. The summed E-state index contributed by atoms with van der Waals surface area (Å²) in [6.45, 7) is 7.43. The van der Waals surface area contributed by atoms with Gasteiger partial charge < -0.3 is 10.4 Å². The second kappa shape index (κ2) is 10.5. The first-order valence-corrected chi connectivity index (χ1v) is 12.3. The number of sulfonamides is 1. The van der Waals surface area contributed by atoms with Gasteiger partial charge in [0, 0.05) is 11.8 Å². The molecule has 2 atom stereocenters. The van der Waals surface area contributed by atoms with Gasteiger partial charge in [0.15, 0.2) is 11.6 Å².